The van der Waals surface area contributed by atoms with E-state index < -0.39 is 29.1 Å². The predicted molar refractivity (Wildman–Crippen MR) is 532 cm³/mol. The Hall–Kier alpha value is -8.61. The molecule has 2 fully saturated rings. The van der Waals surface area contributed by atoms with Gasteiger partial charge in [0.1, 0.15) is 34.9 Å². The van der Waals surface area contributed by atoms with E-state index in [9.17, 15) is 35.1 Å². The number of halogens is 17. The van der Waals surface area contributed by atoms with Crippen LogP contribution in [-0.2, 0) is 6.42 Å². The molecule has 0 spiro atoms. The molecule has 0 radical (unpaired) electrons. The van der Waals surface area contributed by atoms with Gasteiger partial charge in [-0.25, -0.2) is 35.1 Å². The van der Waals surface area contributed by atoms with Crippen molar-refractivity contribution < 1.29 is 35.1 Å². The minimum atomic E-state index is -0.782. The third-order valence-corrected chi connectivity index (χ3v) is 21.4. The third kappa shape index (κ3) is 53.9. The first-order valence-corrected chi connectivity index (χ1v) is 44.7. The summed E-state index contributed by atoms with van der Waals surface area (Å²) < 4.78 is 97.9. The lowest BCUT2D eigenvalue weighted by Crippen LogP contribution is -1.99. The molecule has 17 heteroatoms. The second kappa shape index (κ2) is 65.9. The highest BCUT2D eigenvalue weighted by molar-refractivity contribution is 6.43. The van der Waals surface area contributed by atoms with E-state index in [1.54, 1.807) is 62.4 Å². The summed E-state index contributed by atoms with van der Waals surface area (Å²) in [6, 6.07) is 89.4. The topological polar surface area (TPSA) is 0 Å². The summed E-state index contributed by atoms with van der Waals surface area (Å²) in [5, 5.41) is 8.89. The molecule has 0 unspecified atom stereocenters. The van der Waals surface area contributed by atoms with Crippen molar-refractivity contribution >= 4 is 115 Å². The zero-order valence-corrected chi connectivity index (χ0v) is 81.3. The van der Waals surface area contributed by atoms with Crippen LogP contribution in [0.3, 0.4) is 0 Å². The molecule has 2 aliphatic carbocycles. The molecule has 2 saturated carbocycles. The lowest BCUT2D eigenvalue weighted by molar-refractivity contribution is 0.385. The standard InChI is InChI=1S/C11H10.C8H10.4C7H6Cl2.C7H7Cl.3C7H6F2.2C7H7F.C7H14.C7H8.C6H12/c1-9-5-4-7-10-6-2-3-8-11(9)10;1-2-8-6-4-3-5-7-8;1-5-2-6(8)4-7(9)3-5;1-5-4-6(8)2-3-7(5)9;1-5-2-3-6(8)7(9)4-5;1-5-3-2-4-6(8)7(5)9;1-6-3-2-4-7(8)5-6;1-5-2-6(8)4-7(9)3-5;1-5-4-6(8)2-3-7(5)9;1-5-3-2-4-6(8)7(5)9;1-6-3-2-4-7(8)5-6;1-6-4-2-3-5-7(6)8;2*1-7-5-3-2-4-6-7;1-6-4-2-3-5-6/h2-8H,1H3;3-7H,2H2,1H3;4*2-4H,1H3;2-5H,1H3;3*2-4H,1H3;2*2-5H,1H3;7H,2-6H2,1H3;2-6H,1H3;6H,2-5H2,1H3. The quantitative estimate of drug-likeness (QED) is 0.144. The molecule has 0 aliphatic heterocycles. The molecule has 14 aromatic carbocycles. The van der Waals surface area contributed by atoms with Gasteiger partial charge in [-0.2, -0.15) is 0 Å². The van der Waals surface area contributed by atoms with Gasteiger partial charge in [0.05, 0.1) is 20.1 Å². The molecule has 0 atom stereocenters. The number of benzene rings is 14. The first kappa shape index (κ1) is 113. The van der Waals surface area contributed by atoms with Gasteiger partial charge >= 0.3 is 0 Å². The molecule has 0 saturated heterocycles. The van der Waals surface area contributed by atoms with E-state index >= 15 is 0 Å². The summed E-state index contributed by atoms with van der Waals surface area (Å²) in [6.07, 6.45) is 14.5. The zero-order valence-electron chi connectivity index (χ0n) is 74.5. The SMILES string of the molecule is CC1CCCC1.CC1CCCCC1.CCc1ccccc1.Cc1cc(Cl)cc(Cl)c1.Cc1cc(Cl)ccc1Cl.Cc1cc(F)cc(F)c1.Cc1cc(F)ccc1F.Cc1ccc(Cl)c(Cl)c1.Cc1cccc(Cl)c1.Cc1cccc(Cl)c1Cl.Cc1cccc(F)c1.Cc1cccc(F)c1F.Cc1cccc2ccccc12.Cc1ccccc1.Cc1ccccc1F. The maximum absolute atomic E-state index is 12.4. The van der Waals surface area contributed by atoms with Crippen LogP contribution in [0.5, 0.6) is 0 Å². The molecule has 0 heterocycles. The highest BCUT2D eigenvalue weighted by Gasteiger charge is 2.09. The van der Waals surface area contributed by atoms with Crippen molar-refractivity contribution in [2.24, 2.45) is 11.8 Å². The van der Waals surface area contributed by atoms with E-state index in [-0.39, 0.29) is 17.5 Å². The smallest absolute Gasteiger partial charge is 0.161 e. The number of rotatable bonds is 1. The summed E-state index contributed by atoms with van der Waals surface area (Å²) in [6.45, 7) is 29.2. The van der Waals surface area contributed by atoms with E-state index in [4.69, 9.17) is 104 Å². The molecule has 2 aliphatic rings. The van der Waals surface area contributed by atoms with E-state index in [0.29, 0.717) is 52.4 Å². The molecule has 0 N–H and O–H groups in total. The van der Waals surface area contributed by atoms with Crippen molar-refractivity contribution in [1.82, 2.24) is 0 Å². The first-order chi connectivity index (χ1) is 59.8. The Bertz CT molecular complexity index is 4890. The first-order valence-electron chi connectivity index (χ1n) is 41.3. The van der Waals surface area contributed by atoms with Crippen molar-refractivity contribution in [2.75, 3.05) is 0 Å². The Kier molecular flexibility index (Phi) is 59.3. The average molecular weight is 1900 g/mol. The van der Waals surface area contributed by atoms with Crippen LogP contribution in [0.1, 0.15) is 151 Å². The number of hydrogen-bond acceptors (Lipinski definition) is 0. The highest BCUT2D eigenvalue weighted by atomic mass is 35.5. The second-order valence-electron chi connectivity index (χ2n) is 30.1. The van der Waals surface area contributed by atoms with Crippen LogP contribution in [0, 0.1) is 141 Å². The van der Waals surface area contributed by atoms with Gasteiger partial charge in [0.15, 0.2) is 11.6 Å². The summed E-state index contributed by atoms with van der Waals surface area (Å²) in [5.41, 5.74) is 12.5. The Balaban J connectivity index is 0.000000458. The van der Waals surface area contributed by atoms with Crippen LogP contribution < -0.4 is 0 Å². The van der Waals surface area contributed by atoms with Crippen molar-refractivity contribution in [1.29, 1.82) is 0 Å². The fourth-order valence-electron chi connectivity index (χ4n) is 11.3. The summed E-state index contributed by atoms with van der Waals surface area (Å²) in [4.78, 5) is 0. The Labute approximate surface area is 791 Å². The molecule has 16 rings (SSSR count). The van der Waals surface area contributed by atoms with E-state index in [1.807, 2.05) is 145 Å². The molecular formula is C109H117Cl9F8. The number of aryl methyl sites for hydroxylation is 13. The molecule has 14 aromatic rings. The maximum atomic E-state index is 12.4. The summed E-state index contributed by atoms with van der Waals surface area (Å²) >= 11 is 51.1. The van der Waals surface area contributed by atoms with Gasteiger partial charge in [0, 0.05) is 31.2 Å². The average Bonchev–Trinajstić information content (AvgIpc) is 0.864. The van der Waals surface area contributed by atoms with Crippen LogP contribution in [0.4, 0.5) is 35.1 Å². The number of hydrogen-bond donors (Lipinski definition) is 0. The van der Waals surface area contributed by atoms with Crippen LogP contribution in [-0.4, -0.2) is 0 Å². The van der Waals surface area contributed by atoms with Crippen molar-refractivity contribution in [3.8, 4) is 0 Å². The van der Waals surface area contributed by atoms with E-state index in [0.717, 1.165) is 91.5 Å². The molecular weight excluding hydrogens is 1780 g/mol. The molecule has 0 aromatic heterocycles. The minimum absolute atomic E-state index is 0.132. The Morgan fingerprint density at radius 3 is 1.06 bits per heavy atom. The minimum Gasteiger partial charge on any atom is -0.207 e. The molecule has 0 bridgehead atoms. The van der Waals surface area contributed by atoms with Crippen LogP contribution in [0.25, 0.3) is 10.8 Å². The Morgan fingerprint density at radius 1 is 0.246 bits per heavy atom. The van der Waals surface area contributed by atoms with Gasteiger partial charge in [0.2, 0.25) is 0 Å². The summed E-state index contributed by atoms with van der Waals surface area (Å²) in [7, 11) is 0. The fourth-order valence-corrected chi connectivity index (χ4v) is 13.2. The van der Waals surface area contributed by atoms with Crippen molar-refractivity contribution in [3.05, 3.63) is 467 Å². The van der Waals surface area contributed by atoms with E-state index in [1.165, 1.54) is 147 Å². The summed E-state index contributed by atoms with van der Waals surface area (Å²) in [5.74, 6) is -1.55. The van der Waals surface area contributed by atoms with Gasteiger partial charge in [-0.15, -0.1) is 0 Å². The van der Waals surface area contributed by atoms with Crippen molar-refractivity contribution in [2.45, 2.75) is 168 Å². The lowest BCUT2D eigenvalue weighted by Gasteiger charge is -2.15. The van der Waals surface area contributed by atoms with E-state index in [2.05, 4.69) is 113 Å². The fraction of sp³-hybridized carbons (Fsp3) is 0.248. The van der Waals surface area contributed by atoms with Gasteiger partial charge in [-0.05, 0) is 300 Å². The third-order valence-electron chi connectivity index (χ3n) is 18.4. The largest absolute Gasteiger partial charge is 0.207 e. The second-order valence-corrected chi connectivity index (χ2v) is 33.9. The number of fused-ring (bicyclic) bond motifs is 1. The van der Waals surface area contributed by atoms with Crippen LogP contribution in [0.2, 0.25) is 45.2 Å². The van der Waals surface area contributed by atoms with Crippen LogP contribution in [0.15, 0.2) is 303 Å². The van der Waals surface area contributed by atoms with Gasteiger partial charge < -0.3 is 0 Å². The molecule has 0 nitrogen and oxygen atoms in total. The normalized spacial score (nSPS) is 11.2. The van der Waals surface area contributed by atoms with Crippen LogP contribution >= 0.6 is 104 Å². The zero-order chi connectivity index (χ0) is 94.1. The van der Waals surface area contributed by atoms with Gasteiger partial charge in [0.25, 0.3) is 0 Å². The monoisotopic (exact) mass is 1890 g/mol. The Morgan fingerprint density at radius 2 is 0.667 bits per heavy atom. The molecule has 0 amide bonds. The highest BCUT2D eigenvalue weighted by Crippen LogP contribution is 2.27. The maximum Gasteiger partial charge on any atom is 0.161 e. The van der Waals surface area contributed by atoms with Gasteiger partial charge in [-0.1, -0.05) is 364 Å². The molecule has 672 valence electrons. The predicted octanol–water partition coefficient (Wildman–Crippen LogP) is 39.1. The lowest BCUT2D eigenvalue weighted by atomic mass is 9.91. The van der Waals surface area contributed by atoms with Crippen molar-refractivity contribution in [3.63, 3.8) is 0 Å². The molecule has 126 heavy (non-hydrogen) atoms. The van der Waals surface area contributed by atoms with Gasteiger partial charge in [-0.3, -0.25) is 0 Å².